The lowest BCUT2D eigenvalue weighted by Crippen LogP contribution is -2.16. The smallest absolute Gasteiger partial charge is 0.231 e. The third-order valence-corrected chi connectivity index (χ3v) is 7.27. The number of hydrogen-bond acceptors (Lipinski definition) is 6. The third-order valence-electron chi connectivity index (χ3n) is 5.01. The van der Waals surface area contributed by atoms with Crippen LogP contribution >= 0.6 is 0 Å². The van der Waals surface area contributed by atoms with Crippen molar-refractivity contribution in [3.05, 3.63) is 53.6 Å². The van der Waals surface area contributed by atoms with Gasteiger partial charge in [-0.1, -0.05) is 23.8 Å². The van der Waals surface area contributed by atoms with Gasteiger partial charge >= 0.3 is 0 Å². The van der Waals surface area contributed by atoms with Gasteiger partial charge in [0, 0.05) is 5.92 Å². The number of nitrogens with zero attached hydrogens (tertiary/aromatic N) is 1. The van der Waals surface area contributed by atoms with Crippen molar-refractivity contribution in [1.29, 1.82) is 5.26 Å². The Morgan fingerprint density at radius 1 is 1.15 bits per heavy atom. The van der Waals surface area contributed by atoms with Crippen molar-refractivity contribution in [3.8, 4) is 17.6 Å². The van der Waals surface area contributed by atoms with Gasteiger partial charge in [-0.15, -0.1) is 0 Å². The number of ether oxygens (including phenoxy) is 2. The highest BCUT2D eigenvalue weighted by Gasteiger charge is 2.72. The maximum atomic E-state index is 13.1. The van der Waals surface area contributed by atoms with Crippen molar-refractivity contribution < 1.29 is 22.7 Å². The van der Waals surface area contributed by atoms with E-state index < -0.39 is 26.4 Å². The molecule has 6 nitrogen and oxygen atoms in total. The van der Waals surface area contributed by atoms with Gasteiger partial charge in [0.1, 0.15) is 17.0 Å². The first kappa shape index (κ1) is 16.6. The molecule has 26 heavy (non-hydrogen) atoms. The molecule has 2 aliphatic rings. The van der Waals surface area contributed by atoms with E-state index in [-0.39, 0.29) is 11.7 Å². The Morgan fingerprint density at radius 3 is 2.50 bits per heavy atom. The Kier molecular flexibility index (Phi) is 3.56. The molecule has 1 saturated carbocycles. The quantitative estimate of drug-likeness (QED) is 0.768. The van der Waals surface area contributed by atoms with Crippen LogP contribution in [0.4, 0.5) is 0 Å². The molecule has 3 atom stereocenters. The molecular weight excluding hydrogens is 354 g/mol. The topological polar surface area (TPSA) is 93.5 Å². The second-order valence-electron chi connectivity index (χ2n) is 6.53. The lowest BCUT2D eigenvalue weighted by atomic mass is 10.0. The maximum absolute atomic E-state index is 13.1. The number of benzene rings is 2. The fraction of sp³-hybridized carbons (Fsp3) is 0.263. The predicted octanol–water partition coefficient (Wildman–Crippen LogP) is 2.37. The molecule has 2 aromatic carbocycles. The molecule has 0 amide bonds. The van der Waals surface area contributed by atoms with Crippen molar-refractivity contribution in [1.82, 2.24) is 0 Å². The second kappa shape index (κ2) is 5.58. The lowest BCUT2D eigenvalue weighted by Gasteiger charge is -2.05. The first-order chi connectivity index (χ1) is 12.4. The van der Waals surface area contributed by atoms with Crippen molar-refractivity contribution in [2.75, 3.05) is 6.79 Å². The van der Waals surface area contributed by atoms with Crippen LogP contribution in [0.1, 0.15) is 17.0 Å². The highest BCUT2D eigenvalue weighted by Crippen LogP contribution is 2.63. The van der Waals surface area contributed by atoms with Crippen LogP contribution in [0.25, 0.3) is 0 Å². The summed E-state index contributed by atoms with van der Waals surface area (Å²) in [7, 11) is -3.85. The molecule has 1 aliphatic carbocycles. The summed E-state index contributed by atoms with van der Waals surface area (Å²) in [6, 6.07) is 13.3. The van der Waals surface area contributed by atoms with Gasteiger partial charge in [-0.05, 0) is 36.8 Å². The Balaban J connectivity index is 1.79. The van der Waals surface area contributed by atoms with Gasteiger partial charge in [0.15, 0.2) is 21.3 Å². The van der Waals surface area contributed by atoms with Crippen molar-refractivity contribution in [2.45, 2.75) is 23.0 Å². The third kappa shape index (κ3) is 2.22. The number of nitriles is 1. The molecule has 1 fully saturated rings. The Labute approximate surface area is 150 Å². The first-order valence-electron chi connectivity index (χ1n) is 8.02. The summed E-state index contributed by atoms with van der Waals surface area (Å²) in [4.78, 5) is 11.8. The van der Waals surface area contributed by atoms with Gasteiger partial charge in [-0.2, -0.15) is 5.26 Å². The standard InChI is InChI=1S/C19H15NO5S/c1-12-2-5-14(6-3-12)26(22,23)18-17(19(18,9-20)10-21)13-4-7-15-16(8-13)25-11-24-15/h2-8,10,17-18H,11H2,1H3/t17-,18+,19+/m1/s1. The van der Waals surface area contributed by atoms with E-state index in [9.17, 15) is 18.5 Å². The van der Waals surface area contributed by atoms with Gasteiger partial charge in [-0.25, -0.2) is 8.42 Å². The molecule has 0 N–H and O–H groups in total. The summed E-state index contributed by atoms with van der Waals surface area (Å²) in [5.74, 6) is 0.297. The molecule has 0 unspecified atom stereocenters. The monoisotopic (exact) mass is 369 g/mol. The molecule has 0 aromatic heterocycles. The minimum atomic E-state index is -3.85. The SMILES string of the molecule is Cc1ccc(S(=O)(=O)[C@H]2[C@@H](c3ccc4c(c3)OCO4)[C@]2(C#N)C=O)cc1. The Bertz CT molecular complexity index is 1040. The van der Waals surface area contributed by atoms with Crippen molar-refractivity contribution in [3.63, 3.8) is 0 Å². The first-order valence-corrected chi connectivity index (χ1v) is 9.56. The molecule has 0 spiro atoms. The van der Waals surface area contributed by atoms with Crippen LogP contribution in [0.15, 0.2) is 47.4 Å². The zero-order valence-corrected chi connectivity index (χ0v) is 14.7. The minimum absolute atomic E-state index is 0.0889. The molecule has 0 saturated heterocycles. The van der Waals surface area contributed by atoms with E-state index in [0.717, 1.165) is 5.56 Å². The van der Waals surface area contributed by atoms with Crippen LogP contribution in [0.5, 0.6) is 11.5 Å². The molecule has 1 heterocycles. The van der Waals surface area contributed by atoms with Gasteiger partial charge in [0.05, 0.1) is 11.0 Å². The van der Waals surface area contributed by atoms with E-state index in [0.29, 0.717) is 23.3 Å². The van der Waals surface area contributed by atoms with Crippen LogP contribution in [-0.4, -0.2) is 26.7 Å². The van der Waals surface area contributed by atoms with Crippen molar-refractivity contribution >= 4 is 16.1 Å². The largest absolute Gasteiger partial charge is 0.454 e. The summed E-state index contributed by atoms with van der Waals surface area (Å²) < 4.78 is 36.8. The average Bonchev–Trinajstić information content (AvgIpc) is 3.12. The molecule has 132 valence electrons. The van der Waals surface area contributed by atoms with E-state index in [1.165, 1.54) is 12.1 Å². The molecule has 1 aliphatic heterocycles. The normalized spacial score (nSPS) is 26.2. The Hall–Kier alpha value is -2.85. The number of fused-ring (bicyclic) bond motifs is 1. The fourth-order valence-corrected chi connectivity index (χ4v) is 5.78. The fourth-order valence-electron chi connectivity index (χ4n) is 3.54. The zero-order chi connectivity index (χ0) is 18.5. The van der Waals surface area contributed by atoms with E-state index in [1.807, 2.05) is 13.0 Å². The molecule has 0 bridgehead atoms. The molecule has 7 heteroatoms. The van der Waals surface area contributed by atoms with Crippen molar-refractivity contribution in [2.24, 2.45) is 5.41 Å². The second-order valence-corrected chi connectivity index (χ2v) is 8.60. The van der Waals surface area contributed by atoms with E-state index in [2.05, 4.69) is 0 Å². The average molecular weight is 369 g/mol. The number of aryl methyl sites for hydroxylation is 1. The van der Waals surface area contributed by atoms with Gasteiger partial charge < -0.3 is 14.3 Å². The number of carbonyl (C=O) groups excluding carboxylic acids is 1. The van der Waals surface area contributed by atoms with E-state index in [1.54, 1.807) is 30.3 Å². The number of aldehydes is 1. The molecular formula is C19H15NO5S. The summed E-state index contributed by atoms with van der Waals surface area (Å²) in [6.45, 7) is 1.94. The maximum Gasteiger partial charge on any atom is 0.231 e. The van der Waals surface area contributed by atoms with Crippen LogP contribution in [0.2, 0.25) is 0 Å². The minimum Gasteiger partial charge on any atom is -0.454 e. The summed E-state index contributed by atoms with van der Waals surface area (Å²) in [5, 5.41) is 8.48. The van der Waals surface area contributed by atoms with Gasteiger partial charge in [0.25, 0.3) is 0 Å². The molecule has 2 aromatic rings. The lowest BCUT2D eigenvalue weighted by molar-refractivity contribution is -0.110. The number of rotatable bonds is 4. The van der Waals surface area contributed by atoms with E-state index in [4.69, 9.17) is 9.47 Å². The number of carbonyl (C=O) groups is 1. The van der Waals surface area contributed by atoms with Crippen LogP contribution in [-0.2, 0) is 14.6 Å². The van der Waals surface area contributed by atoms with Crippen LogP contribution in [0.3, 0.4) is 0 Å². The van der Waals surface area contributed by atoms with Gasteiger partial charge in [-0.3, -0.25) is 0 Å². The summed E-state index contributed by atoms with van der Waals surface area (Å²) >= 11 is 0. The number of sulfone groups is 1. The highest BCUT2D eigenvalue weighted by molar-refractivity contribution is 7.92. The van der Waals surface area contributed by atoms with Gasteiger partial charge in [0.2, 0.25) is 6.79 Å². The number of hydrogen-bond donors (Lipinski definition) is 0. The zero-order valence-electron chi connectivity index (χ0n) is 13.9. The molecule has 4 rings (SSSR count). The van der Waals surface area contributed by atoms with E-state index >= 15 is 0 Å². The highest BCUT2D eigenvalue weighted by atomic mass is 32.2. The predicted molar refractivity (Wildman–Crippen MR) is 91.6 cm³/mol. The summed E-state index contributed by atoms with van der Waals surface area (Å²) in [6.07, 6.45) is 0.457. The van der Waals surface area contributed by atoms with Crippen LogP contribution < -0.4 is 9.47 Å². The molecule has 0 radical (unpaired) electrons. The Morgan fingerprint density at radius 2 is 1.85 bits per heavy atom. The summed E-state index contributed by atoms with van der Waals surface area (Å²) in [5.41, 5.74) is -0.102. The van der Waals surface area contributed by atoms with Crippen LogP contribution in [0, 0.1) is 23.7 Å².